The quantitative estimate of drug-likeness (QED) is 0.341. The summed E-state index contributed by atoms with van der Waals surface area (Å²) in [5.41, 5.74) is 6.47. The molecule has 1 atom stereocenters. The second kappa shape index (κ2) is 5.60. The van der Waals surface area contributed by atoms with Gasteiger partial charge in [0.15, 0.2) is 5.84 Å². The van der Waals surface area contributed by atoms with Crippen molar-refractivity contribution in [3.63, 3.8) is 0 Å². The number of amidine groups is 1. The molecule has 0 fully saturated rings. The van der Waals surface area contributed by atoms with Crippen molar-refractivity contribution in [3.8, 4) is 0 Å². The van der Waals surface area contributed by atoms with Crippen LogP contribution in [0.25, 0.3) is 0 Å². The molecule has 1 unspecified atom stereocenters. The second-order valence-corrected chi connectivity index (χ2v) is 3.96. The van der Waals surface area contributed by atoms with Crippen LogP contribution in [0.2, 0.25) is 0 Å². The number of nitrogens with one attached hydrogen (secondary N) is 1. The van der Waals surface area contributed by atoms with E-state index in [1.165, 1.54) is 0 Å². The molecule has 0 aromatic heterocycles. The number of para-hydroxylation sites is 1. The molecule has 0 aliphatic heterocycles. The topological polar surface area (TPSA) is 70.6 Å². The SMILES string of the molecule is CCC(Nc1ccccc1Br)C(N)=NO. The van der Waals surface area contributed by atoms with E-state index in [0.29, 0.717) is 0 Å². The van der Waals surface area contributed by atoms with Crippen LogP contribution >= 0.6 is 15.9 Å². The molecule has 0 spiro atoms. The average Bonchev–Trinajstić information content (AvgIpc) is 2.27. The summed E-state index contributed by atoms with van der Waals surface area (Å²) >= 11 is 3.42. The molecule has 5 heteroatoms. The molecule has 0 aliphatic carbocycles. The molecule has 0 amide bonds. The minimum absolute atomic E-state index is 0.159. The Labute approximate surface area is 97.3 Å². The van der Waals surface area contributed by atoms with Gasteiger partial charge < -0.3 is 16.3 Å². The third-order valence-corrected chi connectivity index (χ3v) is 2.78. The third-order valence-electron chi connectivity index (χ3n) is 2.08. The molecule has 0 aliphatic rings. The molecule has 82 valence electrons. The molecule has 1 aromatic rings. The fourth-order valence-electron chi connectivity index (χ4n) is 1.22. The normalized spacial score (nSPS) is 13.6. The van der Waals surface area contributed by atoms with Gasteiger partial charge in [0.25, 0.3) is 0 Å². The van der Waals surface area contributed by atoms with Crippen molar-refractivity contribution in [1.82, 2.24) is 0 Å². The smallest absolute Gasteiger partial charge is 0.161 e. The lowest BCUT2D eigenvalue weighted by Crippen LogP contribution is -2.35. The third kappa shape index (κ3) is 3.13. The predicted octanol–water partition coefficient (Wildman–Crippen LogP) is 2.39. The fourth-order valence-corrected chi connectivity index (χ4v) is 1.62. The first kappa shape index (κ1) is 11.8. The molecule has 0 saturated carbocycles. The monoisotopic (exact) mass is 271 g/mol. The fraction of sp³-hybridized carbons (Fsp3) is 0.300. The van der Waals surface area contributed by atoms with E-state index in [0.717, 1.165) is 16.6 Å². The summed E-state index contributed by atoms with van der Waals surface area (Å²) in [5.74, 6) is 0.188. The first-order chi connectivity index (χ1) is 7.19. The Bertz CT molecular complexity index is 354. The lowest BCUT2D eigenvalue weighted by molar-refractivity contribution is 0.316. The number of hydrogen-bond donors (Lipinski definition) is 3. The van der Waals surface area contributed by atoms with Gasteiger partial charge >= 0.3 is 0 Å². The Kier molecular flexibility index (Phi) is 4.42. The highest BCUT2D eigenvalue weighted by molar-refractivity contribution is 9.10. The maximum absolute atomic E-state index is 8.59. The molecule has 1 rings (SSSR count). The first-order valence-corrected chi connectivity index (χ1v) is 5.46. The first-order valence-electron chi connectivity index (χ1n) is 4.67. The summed E-state index contributed by atoms with van der Waals surface area (Å²) in [6.45, 7) is 1.96. The maximum Gasteiger partial charge on any atom is 0.161 e. The molecule has 1 aromatic carbocycles. The van der Waals surface area contributed by atoms with Crippen molar-refractivity contribution >= 4 is 27.5 Å². The van der Waals surface area contributed by atoms with Gasteiger partial charge in [-0.1, -0.05) is 24.2 Å². The van der Waals surface area contributed by atoms with E-state index in [1.54, 1.807) is 0 Å². The van der Waals surface area contributed by atoms with Gasteiger partial charge in [-0.2, -0.15) is 0 Å². The Hall–Kier alpha value is -1.23. The highest BCUT2D eigenvalue weighted by Gasteiger charge is 2.12. The van der Waals surface area contributed by atoms with Crippen LogP contribution in [-0.2, 0) is 0 Å². The van der Waals surface area contributed by atoms with Crippen molar-refractivity contribution in [2.24, 2.45) is 10.9 Å². The predicted molar refractivity (Wildman–Crippen MR) is 65.3 cm³/mol. The molecule has 0 heterocycles. The number of nitrogens with zero attached hydrogens (tertiary/aromatic N) is 1. The van der Waals surface area contributed by atoms with Crippen molar-refractivity contribution in [2.75, 3.05) is 5.32 Å². The summed E-state index contributed by atoms with van der Waals surface area (Å²) in [7, 11) is 0. The number of hydrogen-bond acceptors (Lipinski definition) is 3. The van der Waals surface area contributed by atoms with Gasteiger partial charge in [-0.05, 0) is 34.5 Å². The standard InChI is InChI=1S/C10H14BrN3O/c1-2-8(10(12)14-15)13-9-6-4-3-5-7(9)11/h3-6,8,13,15H,2H2,1H3,(H2,12,14). The lowest BCUT2D eigenvalue weighted by atomic mass is 10.2. The van der Waals surface area contributed by atoms with Gasteiger partial charge in [-0.3, -0.25) is 0 Å². The van der Waals surface area contributed by atoms with Gasteiger partial charge in [0.1, 0.15) is 0 Å². The van der Waals surface area contributed by atoms with Crippen LogP contribution in [0.1, 0.15) is 13.3 Å². The highest BCUT2D eigenvalue weighted by Crippen LogP contribution is 2.22. The summed E-state index contributed by atoms with van der Waals surface area (Å²) in [4.78, 5) is 0. The van der Waals surface area contributed by atoms with Gasteiger partial charge in [0, 0.05) is 10.2 Å². The minimum Gasteiger partial charge on any atom is -0.409 e. The molecule has 0 saturated heterocycles. The summed E-state index contributed by atoms with van der Waals surface area (Å²) in [5, 5.41) is 14.8. The zero-order valence-corrected chi connectivity index (χ0v) is 10.0. The minimum atomic E-state index is -0.159. The van der Waals surface area contributed by atoms with E-state index < -0.39 is 0 Å². The van der Waals surface area contributed by atoms with Crippen LogP contribution in [0.4, 0.5) is 5.69 Å². The van der Waals surface area contributed by atoms with E-state index in [1.807, 2.05) is 31.2 Å². The summed E-state index contributed by atoms with van der Waals surface area (Å²) in [6, 6.07) is 7.55. The Morgan fingerprint density at radius 2 is 2.27 bits per heavy atom. The number of rotatable bonds is 4. The van der Waals surface area contributed by atoms with Crippen molar-refractivity contribution in [2.45, 2.75) is 19.4 Å². The molecule has 4 N–H and O–H groups in total. The number of nitrogens with two attached hydrogens (primary N) is 1. The van der Waals surface area contributed by atoms with Gasteiger partial charge in [-0.15, -0.1) is 0 Å². The summed E-state index contributed by atoms with van der Waals surface area (Å²) < 4.78 is 0.953. The van der Waals surface area contributed by atoms with E-state index in [2.05, 4.69) is 26.4 Å². The van der Waals surface area contributed by atoms with Crippen LogP contribution in [0, 0.1) is 0 Å². The average molecular weight is 272 g/mol. The zero-order valence-electron chi connectivity index (χ0n) is 8.44. The number of anilines is 1. The number of oxime groups is 1. The van der Waals surface area contributed by atoms with Crippen molar-refractivity contribution < 1.29 is 5.21 Å². The lowest BCUT2D eigenvalue weighted by Gasteiger charge is -2.17. The van der Waals surface area contributed by atoms with Crippen LogP contribution in [0.15, 0.2) is 33.9 Å². The molecular weight excluding hydrogens is 258 g/mol. The Balaban J connectivity index is 2.80. The van der Waals surface area contributed by atoms with Gasteiger partial charge in [0.2, 0.25) is 0 Å². The zero-order chi connectivity index (χ0) is 11.3. The number of halogens is 1. The Morgan fingerprint density at radius 1 is 1.60 bits per heavy atom. The number of benzene rings is 1. The van der Waals surface area contributed by atoms with Crippen LogP contribution in [0.5, 0.6) is 0 Å². The highest BCUT2D eigenvalue weighted by atomic mass is 79.9. The second-order valence-electron chi connectivity index (χ2n) is 3.11. The van der Waals surface area contributed by atoms with Crippen LogP contribution in [0.3, 0.4) is 0 Å². The van der Waals surface area contributed by atoms with E-state index in [-0.39, 0.29) is 11.9 Å². The van der Waals surface area contributed by atoms with E-state index in [9.17, 15) is 0 Å². The largest absolute Gasteiger partial charge is 0.409 e. The van der Waals surface area contributed by atoms with Crippen LogP contribution < -0.4 is 11.1 Å². The molecule has 0 radical (unpaired) electrons. The molecular formula is C10H14BrN3O. The Morgan fingerprint density at radius 3 is 2.80 bits per heavy atom. The maximum atomic E-state index is 8.59. The molecule has 0 bridgehead atoms. The van der Waals surface area contributed by atoms with E-state index >= 15 is 0 Å². The summed E-state index contributed by atoms with van der Waals surface area (Å²) in [6.07, 6.45) is 0.747. The molecule has 15 heavy (non-hydrogen) atoms. The van der Waals surface area contributed by atoms with Crippen molar-refractivity contribution in [1.29, 1.82) is 0 Å². The van der Waals surface area contributed by atoms with Gasteiger partial charge in [0.05, 0.1) is 6.04 Å². The van der Waals surface area contributed by atoms with Gasteiger partial charge in [-0.25, -0.2) is 0 Å². The van der Waals surface area contributed by atoms with Crippen molar-refractivity contribution in [3.05, 3.63) is 28.7 Å². The van der Waals surface area contributed by atoms with Crippen LogP contribution in [-0.4, -0.2) is 17.1 Å². The molecule has 4 nitrogen and oxygen atoms in total. The van der Waals surface area contributed by atoms with E-state index in [4.69, 9.17) is 10.9 Å².